The number of rotatable bonds is 4. The van der Waals surface area contributed by atoms with E-state index in [1.807, 2.05) is 24.3 Å². The van der Waals surface area contributed by atoms with E-state index in [9.17, 15) is 14.4 Å². The molecule has 186 valence electrons. The normalized spacial score (nSPS) is 25.8. The number of benzene rings is 1. The molecule has 3 aliphatic rings. The molecule has 35 heavy (non-hydrogen) atoms. The van der Waals surface area contributed by atoms with E-state index in [-0.39, 0.29) is 17.9 Å². The summed E-state index contributed by atoms with van der Waals surface area (Å²) < 4.78 is 2.18. The van der Waals surface area contributed by atoms with Crippen LogP contribution in [0.5, 0.6) is 0 Å². The Morgan fingerprint density at radius 2 is 1.89 bits per heavy atom. The van der Waals surface area contributed by atoms with Gasteiger partial charge in [0.25, 0.3) is 5.91 Å². The van der Waals surface area contributed by atoms with Crippen LogP contribution in [0.4, 0.5) is 10.5 Å². The van der Waals surface area contributed by atoms with Gasteiger partial charge in [0, 0.05) is 24.2 Å². The number of imide groups is 1. The number of carbonyl (C=O) groups excluding carboxylic acids is 3. The van der Waals surface area contributed by atoms with Crippen LogP contribution < -0.4 is 10.6 Å². The molecule has 0 unspecified atom stereocenters. The van der Waals surface area contributed by atoms with Crippen molar-refractivity contribution in [2.45, 2.75) is 77.8 Å². The lowest BCUT2D eigenvalue weighted by molar-refractivity contribution is -0.136. The molecule has 9 heteroatoms. The molecular formula is C26H34N6O3. The van der Waals surface area contributed by atoms with Crippen molar-refractivity contribution in [2.75, 3.05) is 11.9 Å². The summed E-state index contributed by atoms with van der Waals surface area (Å²) in [6, 6.07) is 6.95. The minimum atomic E-state index is -0.906. The topological polar surface area (TPSA) is 109 Å². The highest BCUT2D eigenvalue weighted by Crippen LogP contribution is 2.46. The van der Waals surface area contributed by atoms with Crippen molar-refractivity contribution in [1.29, 1.82) is 0 Å². The van der Waals surface area contributed by atoms with Crippen LogP contribution >= 0.6 is 0 Å². The molecule has 2 aromatic rings. The molecule has 4 amide bonds. The smallest absolute Gasteiger partial charge is 0.325 e. The SMILES string of the molecule is C[C@H]1CC(C)(C)C[C@]2(C1)NC(=O)N(CC(=O)Nc1ccc(-c3nnc4n3CCCCC4)cc1)C2=O. The fourth-order valence-corrected chi connectivity index (χ4v) is 6.39. The summed E-state index contributed by atoms with van der Waals surface area (Å²) in [7, 11) is 0. The van der Waals surface area contributed by atoms with Gasteiger partial charge in [-0.25, -0.2) is 4.79 Å². The summed E-state index contributed by atoms with van der Waals surface area (Å²) in [6.07, 6.45) is 6.59. The summed E-state index contributed by atoms with van der Waals surface area (Å²) in [4.78, 5) is 39.8. The molecule has 1 aromatic carbocycles. The van der Waals surface area contributed by atoms with Crippen LogP contribution in [0.3, 0.4) is 0 Å². The molecule has 1 saturated carbocycles. The lowest BCUT2D eigenvalue weighted by Crippen LogP contribution is -2.54. The molecule has 1 aliphatic carbocycles. The van der Waals surface area contributed by atoms with Gasteiger partial charge in [-0.2, -0.15) is 0 Å². The van der Waals surface area contributed by atoms with Crippen LogP contribution in [0.25, 0.3) is 11.4 Å². The van der Waals surface area contributed by atoms with Gasteiger partial charge in [-0.1, -0.05) is 27.2 Å². The molecule has 2 aliphatic heterocycles. The average molecular weight is 479 g/mol. The molecule has 2 fully saturated rings. The lowest BCUT2D eigenvalue weighted by Gasteiger charge is -2.43. The Balaban J connectivity index is 1.24. The zero-order chi connectivity index (χ0) is 24.8. The highest BCUT2D eigenvalue weighted by atomic mass is 16.2. The summed E-state index contributed by atoms with van der Waals surface area (Å²) in [5, 5.41) is 14.5. The lowest BCUT2D eigenvalue weighted by atomic mass is 9.64. The van der Waals surface area contributed by atoms with Gasteiger partial charge in [0.05, 0.1) is 0 Å². The van der Waals surface area contributed by atoms with Crippen LogP contribution in [-0.4, -0.2) is 49.6 Å². The van der Waals surface area contributed by atoms with Gasteiger partial charge in [-0.3, -0.25) is 14.5 Å². The number of hydrogen-bond acceptors (Lipinski definition) is 5. The summed E-state index contributed by atoms with van der Waals surface area (Å²) in [5.74, 6) is 1.49. The van der Waals surface area contributed by atoms with Crippen LogP contribution in [0.15, 0.2) is 24.3 Å². The van der Waals surface area contributed by atoms with E-state index in [1.54, 1.807) is 0 Å². The Labute approximate surface area is 205 Å². The van der Waals surface area contributed by atoms with Gasteiger partial charge in [-0.15, -0.1) is 10.2 Å². The first kappa shape index (κ1) is 23.5. The molecule has 0 bridgehead atoms. The van der Waals surface area contributed by atoms with Gasteiger partial charge in [0.2, 0.25) is 5.91 Å². The average Bonchev–Trinajstić information content (AvgIpc) is 3.15. The first-order valence-electron chi connectivity index (χ1n) is 12.6. The minimum Gasteiger partial charge on any atom is -0.325 e. The van der Waals surface area contributed by atoms with Crippen molar-refractivity contribution in [3.05, 3.63) is 30.1 Å². The number of nitrogens with one attached hydrogen (secondary N) is 2. The first-order valence-corrected chi connectivity index (χ1v) is 12.6. The summed E-state index contributed by atoms with van der Waals surface area (Å²) in [5.41, 5.74) is 0.581. The maximum Gasteiger partial charge on any atom is 0.325 e. The second-order valence-corrected chi connectivity index (χ2v) is 11.3. The number of urea groups is 1. The second-order valence-electron chi connectivity index (χ2n) is 11.3. The predicted molar refractivity (Wildman–Crippen MR) is 131 cm³/mol. The number of carbonyl (C=O) groups is 3. The fraction of sp³-hybridized carbons (Fsp3) is 0.577. The molecule has 3 heterocycles. The maximum absolute atomic E-state index is 13.3. The zero-order valence-electron chi connectivity index (χ0n) is 20.8. The van der Waals surface area contributed by atoms with Crippen LogP contribution in [-0.2, 0) is 22.6 Å². The number of anilines is 1. The Hall–Kier alpha value is -3.23. The van der Waals surface area contributed by atoms with Crippen molar-refractivity contribution in [2.24, 2.45) is 11.3 Å². The van der Waals surface area contributed by atoms with Crippen molar-refractivity contribution in [3.8, 4) is 11.4 Å². The zero-order valence-corrected chi connectivity index (χ0v) is 20.8. The molecule has 1 saturated heterocycles. The number of hydrogen-bond donors (Lipinski definition) is 2. The molecule has 9 nitrogen and oxygen atoms in total. The maximum atomic E-state index is 13.3. The van der Waals surface area contributed by atoms with Crippen molar-refractivity contribution in [1.82, 2.24) is 25.0 Å². The van der Waals surface area contributed by atoms with Crippen molar-refractivity contribution in [3.63, 3.8) is 0 Å². The van der Waals surface area contributed by atoms with Gasteiger partial charge < -0.3 is 15.2 Å². The van der Waals surface area contributed by atoms with Crippen molar-refractivity contribution >= 4 is 23.5 Å². The van der Waals surface area contributed by atoms with Gasteiger partial charge in [0.1, 0.15) is 17.9 Å². The first-order chi connectivity index (χ1) is 16.7. The second kappa shape index (κ2) is 8.77. The van der Waals surface area contributed by atoms with E-state index in [0.717, 1.165) is 54.3 Å². The van der Waals surface area contributed by atoms with E-state index in [2.05, 4.69) is 46.2 Å². The molecule has 0 radical (unpaired) electrons. The highest BCUT2D eigenvalue weighted by molar-refractivity contribution is 6.10. The van der Waals surface area contributed by atoms with E-state index in [4.69, 9.17) is 0 Å². The van der Waals surface area contributed by atoms with Crippen LogP contribution in [0, 0.1) is 11.3 Å². The number of aryl methyl sites for hydroxylation is 1. The van der Waals surface area contributed by atoms with E-state index in [1.165, 1.54) is 6.42 Å². The third-order valence-electron chi connectivity index (χ3n) is 7.46. The largest absolute Gasteiger partial charge is 0.325 e. The summed E-state index contributed by atoms with van der Waals surface area (Å²) in [6.45, 7) is 6.97. The molecule has 2 N–H and O–H groups in total. The number of amides is 4. The van der Waals surface area contributed by atoms with E-state index < -0.39 is 17.5 Å². The molecule has 1 spiro atoms. The number of aromatic nitrogens is 3. The Kier molecular flexibility index (Phi) is 5.89. The number of fused-ring (bicyclic) bond motifs is 1. The molecule has 1 aromatic heterocycles. The quantitative estimate of drug-likeness (QED) is 0.651. The predicted octanol–water partition coefficient (Wildman–Crippen LogP) is 3.75. The monoisotopic (exact) mass is 478 g/mol. The summed E-state index contributed by atoms with van der Waals surface area (Å²) >= 11 is 0. The Morgan fingerprint density at radius 1 is 1.11 bits per heavy atom. The Bertz CT molecular complexity index is 1150. The third-order valence-corrected chi connectivity index (χ3v) is 7.46. The fourth-order valence-electron chi connectivity index (χ4n) is 6.39. The van der Waals surface area contributed by atoms with Gasteiger partial charge >= 0.3 is 6.03 Å². The van der Waals surface area contributed by atoms with Crippen LogP contribution in [0.2, 0.25) is 0 Å². The van der Waals surface area contributed by atoms with Crippen LogP contribution in [0.1, 0.15) is 65.1 Å². The highest BCUT2D eigenvalue weighted by Gasteiger charge is 2.56. The number of nitrogens with zero attached hydrogens (tertiary/aromatic N) is 4. The van der Waals surface area contributed by atoms with Gasteiger partial charge in [0.15, 0.2) is 5.82 Å². The van der Waals surface area contributed by atoms with Crippen molar-refractivity contribution < 1.29 is 14.4 Å². The van der Waals surface area contributed by atoms with E-state index in [0.29, 0.717) is 24.4 Å². The standard InChI is InChI=1S/C26H34N6O3/c1-17-13-25(2,3)16-26(14-17)23(34)32(24(35)28-26)15-21(33)27-19-10-8-18(9-11-19)22-30-29-20-7-5-4-6-12-31(20)22/h8-11,17H,4-7,12-16H2,1-3H3,(H,27,33)(H,28,35)/t17-,26-/m0/s1. The molecule has 2 atom stereocenters. The molecule has 5 rings (SSSR count). The Morgan fingerprint density at radius 3 is 2.63 bits per heavy atom. The van der Waals surface area contributed by atoms with Gasteiger partial charge in [-0.05, 0) is 67.7 Å². The molecular weight excluding hydrogens is 444 g/mol. The van der Waals surface area contributed by atoms with E-state index >= 15 is 0 Å². The third kappa shape index (κ3) is 4.56. The minimum absolute atomic E-state index is 0.0522.